The van der Waals surface area contributed by atoms with Crippen molar-refractivity contribution in [1.29, 1.82) is 0 Å². The lowest BCUT2D eigenvalue weighted by Gasteiger charge is -2.19. The van der Waals surface area contributed by atoms with Gasteiger partial charge in [0.15, 0.2) is 9.84 Å². The minimum absolute atomic E-state index is 0.0319. The summed E-state index contributed by atoms with van der Waals surface area (Å²) in [5.74, 6) is 0.615. The molecule has 1 N–H and O–H groups in total. The molecule has 1 atom stereocenters. The largest absolute Gasteiger partial charge is 0.343 e. The number of nitrogens with zero attached hydrogens (tertiary/aromatic N) is 1. The molecule has 0 radical (unpaired) electrons. The average Bonchev–Trinajstić information content (AvgIpc) is 2.60. The maximum atomic E-state index is 11.7. The molecule has 0 aromatic carbocycles. The van der Waals surface area contributed by atoms with E-state index in [0.717, 1.165) is 13.1 Å². The highest BCUT2D eigenvalue weighted by molar-refractivity contribution is 7.91. The smallest absolute Gasteiger partial charge is 0.223 e. The van der Waals surface area contributed by atoms with Crippen molar-refractivity contribution in [2.75, 3.05) is 31.1 Å². The van der Waals surface area contributed by atoms with Crippen LogP contribution in [-0.4, -0.2) is 56.4 Å². The lowest BCUT2D eigenvalue weighted by atomic mass is 10.2. The van der Waals surface area contributed by atoms with Crippen molar-refractivity contribution in [3.8, 4) is 0 Å². The molecular weight excluding hydrogens is 240 g/mol. The Bertz CT molecular complexity index is 350. The molecule has 6 heteroatoms. The van der Waals surface area contributed by atoms with Gasteiger partial charge in [-0.05, 0) is 20.3 Å². The predicted molar refractivity (Wildman–Crippen MR) is 67.6 cm³/mol. The lowest BCUT2D eigenvalue weighted by molar-refractivity contribution is -0.130. The van der Waals surface area contributed by atoms with Crippen LogP contribution in [-0.2, 0) is 14.6 Å². The number of amides is 1. The Labute approximate surface area is 103 Å². The van der Waals surface area contributed by atoms with Crippen LogP contribution in [0.5, 0.6) is 0 Å². The van der Waals surface area contributed by atoms with Gasteiger partial charge >= 0.3 is 0 Å². The number of rotatable bonds is 6. The summed E-state index contributed by atoms with van der Waals surface area (Å²) in [6.45, 7) is 5.94. The van der Waals surface area contributed by atoms with E-state index in [2.05, 4.69) is 5.32 Å². The highest BCUT2D eigenvalue weighted by Gasteiger charge is 2.27. The topological polar surface area (TPSA) is 66.5 Å². The summed E-state index contributed by atoms with van der Waals surface area (Å²) in [7, 11) is -2.83. The standard InChI is InChI=1S/C11H22N2O3S/c1-3-13(4-2)11(14)5-7-12-10-6-8-17(15,16)9-10/h10,12H,3-9H2,1-2H3. The van der Waals surface area contributed by atoms with E-state index >= 15 is 0 Å². The van der Waals surface area contributed by atoms with Gasteiger partial charge in [0, 0.05) is 32.1 Å². The minimum atomic E-state index is -2.83. The zero-order valence-electron chi connectivity index (χ0n) is 10.6. The van der Waals surface area contributed by atoms with Crippen molar-refractivity contribution in [3.63, 3.8) is 0 Å². The highest BCUT2D eigenvalue weighted by Crippen LogP contribution is 2.11. The Kier molecular flexibility index (Phi) is 5.39. The van der Waals surface area contributed by atoms with Gasteiger partial charge in [-0.1, -0.05) is 0 Å². The summed E-state index contributed by atoms with van der Waals surface area (Å²) < 4.78 is 22.4. The summed E-state index contributed by atoms with van der Waals surface area (Å²) in [5.41, 5.74) is 0. The molecule has 5 nitrogen and oxygen atoms in total. The Morgan fingerprint density at radius 1 is 1.35 bits per heavy atom. The van der Waals surface area contributed by atoms with E-state index in [-0.39, 0.29) is 23.5 Å². The normalized spacial score (nSPS) is 22.6. The predicted octanol–water partition coefficient (Wildman–Crippen LogP) is 0.0216. The molecule has 17 heavy (non-hydrogen) atoms. The van der Waals surface area contributed by atoms with Gasteiger partial charge in [0.05, 0.1) is 11.5 Å². The van der Waals surface area contributed by atoms with Crippen LogP contribution in [0, 0.1) is 0 Å². The molecule has 0 spiro atoms. The minimum Gasteiger partial charge on any atom is -0.343 e. The van der Waals surface area contributed by atoms with Crippen molar-refractivity contribution in [1.82, 2.24) is 10.2 Å². The van der Waals surface area contributed by atoms with Crippen molar-refractivity contribution in [3.05, 3.63) is 0 Å². The molecule has 0 aromatic heterocycles. The number of hydrogen-bond acceptors (Lipinski definition) is 4. The third kappa shape index (κ3) is 4.63. The van der Waals surface area contributed by atoms with Crippen molar-refractivity contribution < 1.29 is 13.2 Å². The molecule has 0 aromatic rings. The number of nitrogens with one attached hydrogen (secondary N) is 1. The van der Waals surface area contributed by atoms with Crippen molar-refractivity contribution in [2.24, 2.45) is 0 Å². The first-order valence-corrected chi connectivity index (χ1v) is 8.02. The molecule has 0 saturated carbocycles. The van der Waals surface area contributed by atoms with Gasteiger partial charge in [0.2, 0.25) is 5.91 Å². The van der Waals surface area contributed by atoms with Crippen LogP contribution in [0.2, 0.25) is 0 Å². The molecule has 0 aliphatic carbocycles. The third-order valence-electron chi connectivity index (χ3n) is 3.12. The number of carbonyl (C=O) groups is 1. The molecule has 0 bridgehead atoms. The van der Waals surface area contributed by atoms with E-state index in [0.29, 0.717) is 19.4 Å². The summed E-state index contributed by atoms with van der Waals surface area (Å²) in [5, 5.41) is 3.14. The van der Waals surface area contributed by atoms with E-state index in [1.807, 2.05) is 13.8 Å². The first-order valence-electron chi connectivity index (χ1n) is 6.20. The Morgan fingerprint density at radius 3 is 2.47 bits per heavy atom. The second-order valence-corrected chi connectivity index (χ2v) is 6.60. The first kappa shape index (κ1) is 14.4. The molecule has 1 aliphatic rings. The fourth-order valence-corrected chi connectivity index (χ4v) is 3.78. The van der Waals surface area contributed by atoms with E-state index in [1.54, 1.807) is 4.90 Å². The SMILES string of the molecule is CCN(CC)C(=O)CCNC1CCS(=O)(=O)C1. The summed E-state index contributed by atoms with van der Waals surface area (Å²) in [6.07, 6.45) is 1.11. The Morgan fingerprint density at radius 2 is 2.00 bits per heavy atom. The van der Waals surface area contributed by atoms with Crippen LogP contribution in [0.4, 0.5) is 0 Å². The second kappa shape index (κ2) is 6.35. The zero-order chi connectivity index (χ0) is 12.9. The molecule has 1 heterocycles. The van der Waals surface area contributed by atoms with E-state index < -0.39 is 9.84 Å². The average molecular weight is 262 g/mol. The van der Waals surface area contributed by atoms with Crippen LogP contribution >= 0.6 is 0 Å². The van der Waals surface area contributed by atoms with Crippen molar-refractivity contribution >= 4 is 15.7 Å². The van der Waals surface area contributed by atoms with Crippen molar-refractivity contribution in [2.45, 2.75) is 32.7 Å². The van der Waals surface area contributed by atoms with Gasteiger partial charge in [0.1, 0.15) is 0 Å². The summed E-state index contributed by atoms with van der Waals surface area (Å²) in [6, 6.07) is 0.0319. The monoisotopic (exact) mass is 262 g/mol. The van der Waals surface area contributed by atoms with E-state index in [4.69, 9.17) is 0 Å². The molecule has 1 rings (SSSR count). The fourth-order valence-electron chi connectivity index (χ4n) is 2.07. The first-order chi connectivity index (χ1) is 7.98. The lowest BCUT2D eigenvalue weighted by Crippen LogP contribution is -2.36. The van der Waals surface area contributed by atoms with Gasteiger partial charge < -0.3 is 10.2 Å². The van der Waals surface area contributed by atoms with Gasteiger partial charge in [0.25, 0.3) is 0 Å². The third-order valence-corrected chi connectivity index (χ3v) is 4.89. The van der Waals surface area contributed by atoms with Crippen LogP contribution in [0.3, 0.4) is 0 Å². The maximum absolute atomic E-state index is 11.7. The Balaban J connectivity index is 2.22. The van der Waals surface area contributed by atoms with Gasteiger partial charge in [-0.15, -0.1) is 0 Å². The Hall–Kier alpha value is -0.620. The van der Waals surface area contributed by atoms with Crippen LogP contribution in [0.1, 0.15) is 26.7 Å². The van der Waals surface area contributed by atoms with Crippen LogP contribution < -0.4 is 5.32 Å². The zero-order valence-corrected chi connectivity index (χ0v) is 11.4. The molecule has 1 saturated heterocycles. The quantitative estimate of drug-likeness (QED) is 0.733. The highest BCUT2D eigenvalue weighted by atomic mass is 32.2. The number of sulfone groups is 1. The fraction of sp³-hybridized carbons (Fsp3) is 0.909. The molecular formula is C11H22N2O3S. The molecule has 1 aliphatic heterocycles. The van der Waals surface area contributed by atoms with Gasteiger partial charge in [-0.25, -0.2) is 8.42 Å². The van der Waals surface area contributed by atoms with Crippen LogP contribution in [0.25, 0.3) is 0 Å². The number of hydrogen-bond donors (Lipinski definition) is 1. The summed E-state index contributed by atoms with van der Waals surface area (Å²) in [4.78, 5) is 13.5. The molecule has 1 unspecified atom stereocenters. The number of carbonyl (C=O) groups excluding carboxylic acids is 1. The van der Waals surface area contributed by atoms with Gasteiger partial charge in [-0.3, -0.25) is 4.79 Å². The second-order valence-electron chi connectivity index (χ2n) is 4.37. The van der Waals surface area contributed by atoms with E-state index in [9.17, 15) is 13.2 Å². The van der Waals surface area contributed by atoms with E-state index in [1.165, 1.54) is 0 Å². The molecule has 1 amide bonds. The molecule has 100 valence electrons. The maximum Gasteiger partial charge on any atom is 0.223 e. The van der Waals surface area contributed by atoms with Gasteiger partial charge in [-0.2, -0.15) is 0 Å². The molecule has 1 fully saturated rings. The van der Waals surface area contributed by atoms with Crippen LogP contribution in [0.15, 0.2) is 0 Å². The summed E-state index contributed by atoms with van der Waals surface area (Å²) >= 11 is 0.